The molecule has 1 aliphatic heterocycles. The first-order valence-corrected chi connectivity index (χ1v) is 8.48. The van der Waals surface area contributed by atoms with Crippen molar-refractivity contribution in [3.05, 3.63) is 53.9 Å². The molecule has 0 radical (unpaired) electrons. The summed E-state index contributed by atoms with van der Waals surface area (Å²) < 4.78 is 0. The second-order valence-corrected chi connectivity index (χ2v) is 6.34. The minimum absolute atomic E-state index is 0.240. The van der Waals surface area contributed by atoms with E-state index in [1.807, 2.05) is 6.07 Å². The number of aromatic nitrogens is 3. The van der Waals surface area contributed by atoms with Gasteiger partial charge in [0.25, 0.3) is 0 Å². The first-order valence-electron chi connectivity index (χ1n) is 8.48. The van der Waals surface area contributed by atoms with E-state index >= 15 is 0 Å². The van der Waals surface area contributed by atoms with Crippen molar-refractivity contribution in [3.63, 3.8) is 0 Å². The third-order valence-electron chi connectivity index (χ3n) is 4.74. The number of nitrogens with zero attached hydrogens (tertiary/aromatic N) is 3. The lowest BCUT2D eigenvalue weighted by molar-refractivity contribution is 0.574. The van der Waals surface area contributed by atoms with Gasteiger partial charge in [-0.15, -0.1) is 0 Å². The topological polar surface area (TPSA) is 44.8 Å². The lowest BCUT2D eigenvalue weighted by atomic mass is 10.0. The molecule has 0 aliphatic carbocycles. The van der Waals surface area contributed by atoms with E-state index in [9.17, 15) is 0 Å². The Morgan fingerprint density at radius 1 is 0.957 bits per heavy atom. The third kappa shape index (κ3) is 2.81. The fourth-order valence-electron chi connectivity index (χ4n) is 3.31. The van der Waals surface area contributed by atoms with Crippen LogP contribution in [0.2, 0.25) is 0 Å². The Morgan fingerprint density at radius 3 is 2.52 bits per heavy atom. The third-order valence-corrected chi connectivity index (χ3v) is 4.74. The number of piperidine rings is 1. The molecule has 118 valence electrons. The molecule has 1 unspecified atom stereocenters. The minimum atomic E-state index is 0.240. The maximum Gasteiger partial charge on any atom is 0.179 e. The van der Waals surface area contributed by atoms with E-state index in [2.05, 4.69) is 53.2 Å². The van der Waals surface area contributed by atoms with Gasteiger partial charge < -0.3 is 9.88 Å². The van der Waals surface area contributed by atoms with Crippen LogP contribution in [0.1, 0.15) is 43.5 Å². The van der Waals surface area contributed by atoms with E-state index in [1.54, 1.807) is 0 Å². The van der Waals surface area contributed by atoms with Crippen LogP contribution in [0.5, 0.6) is 0 Å². The van der Waals surface area contributed by atoms with Crippen molar-refractivity contribution in [1.29, 1.82) is 0 Å². The lowest BCUT2D eigenvalue weighted by Crippen LogP contribution is -2.30. The average Bonchev–Trinajstić information content (AvgIpc) is 3.06. The molecule has 1 aliphatic rings. The highest BCUT2D eigenvalue weighted by molar-refractivity contribution is 5.73. The molecule has 1 saturated heterocycles. The Labute approximate surface area is 136 Å². The van der Waals surface area contributed by atoms with Crippen molar-refractivity contribution in [2.75, 3.05) is 18.0 Å². The summed E-state index contributed by atoms with van der Waals surface area (Å²) in [6.07, 6.45) is 3.85. The molecular weight excluding hydrogens is 284 g/mol. The largest absolute Gasteiger partial charge is 0.357 e. The van der Waals surface area contributed by atoms with Gasteiger partial charge in [-0.05, 0) is 37.0 Å². The molecule has 2 aromatic heterocycles. The summed E-state index contributed by atoms with van der Waals surface area (Å²) in [5, 5.41) is 0. The first kappa shape index (κ1) is 14.2. The van der Waals surface area contributed by atoms with E-state index in [4.69, 9.17) is 9.97 Å². The van der Waals surface area contributed by atoms with Crippen molar-refractivity contribution >= 4 is 17.0 Å². The Bertz CT molecular complexity index is 787. The van der Waals surface area contributed by atoms with Gasteiger partial charge in [0, 0.05) is 19.0 Å². The summed E-state index contributed by atoms with van der Waals surface area (Å²) >= 11 is 0. The molecule has 4 rings (SSSR count). The number of benzene rings is 1. The van der Waals surface area contributed by atoms with Crippen LogP contribution in [0.3, 0.4) is 0 Å². The van der Waals surface area contributed by atoms with Crippen LogP contribution >= 0.6 is 0 Å². The van der Waals surface area contributed by atoms with Crippen molar-refractivity contribution < 1.29 is 0 Å². The van der Waals surface area contributed by atoms with Gasteiger partial charge in [-0.2, -0.15) is 0 Å². The second-order valence-electron chi connectivity index (χ2n) is 6.34. The number of imidazole rings is 1. The SMILES string of the molecule is CC(c1ccccc1)c1nc2nc(N3CCCCC3)ccc2[nH]1. The molecule has 1 aromatic carbocycles. The van der Waals surface area contributed by atoms with Crippen LogP contribution in [0.25, 0.3) is 11.2 Å². The van der Waals surface area contributed by atoms with Gasteiger partial charge in [0.1, 0.15) is 11.6 Å². The molecule has 0 bridgehead atoms. The van der Waals surface area contributed by atoms with Crippen molar-refractivity contribution in [1.82, 2.24) is 15.0 Å². The molecule has 4 nitrogen and oxygen atoms in total. The minimum Gasteiger partial charge on any atom is -0.357 e. The van der Waals surface area contributed by atoms with Gasteiger partial charge in [0.2, 0.25) is 0 Å². The number of H-pyrrole nitrogens is 1. The number of anilines is 1. The Morgan fingerprint density at radius 2 is 1.74 bits per heavy atom. The van der Waals surface area contributed by atoms with E-state index in [0.29, 0.717) is 0 Å². The van der Waals surface area contributed by atoms with Crippen LogP contribution in [-0.4, -0.2) is 28.0 Å². The van der Waals surface area contributed by atoms with Gasteiger partial charge in [0.05, 0.1) is 5.52 Å². The van der Waals surface area contributed by atoms with Gasteiger partial charge in [-0.25, -0.2) is 9.97 Å². The molecule has 1 atom stereocenters. The number of rotatable bonds is 3. The number of pyridine rings is 1. The molecule has 4 heteroatoms. The van der Waals surface area contributed by atoms with E-state index in [1.165, 1.54) is 24.8 Å². The molecule has 23 heavy (non-hydrogen) atoms. The molecule has 1 N–H and O–H groups in total. The maximum atomic E-state index is 4.78. The zero-order valence-corrected chi connectivity index (χ0v) is 13.5. The van der Waals surface area contributed by atoms with Crippen molar-refractivity contribution in [2.45, 2.75) is 32.1 Å². The zero-order chi connectivity index (χ0) is 15.6. The van der Waals surface area contributed by atoms with Crippen LogP contribution in [-0.2, 0) is 0 Å². The predicted octanol–water partition coefficient (Wildman–Crippen LogP) is 4.10. The molecule has 3 aromatic rings. The van der Waals surface area contributed by atoms with Crippen LogP contribution in [0.15, 0.2) is 42.5 Å². The quantitative estimate of drug-likeness (QED) is 0.792. The van der Waals surface area contributed by atoms with E-state index < -0.39 is 0 Å². The molecule has 0 saturated carbocycles. The average molecular weight is 306 g/mol. The highest BCUT2D eigenvalue weighted by atomic mass is 15.2. The number of aromatic amines is 1. The lowest BCUT2D eigenvalue weighted by Gasteiger charge is -2.27. The highest BCUT2D eigenvalue weighted by Crippen LogP contribution is 2.25. The zero-order valence-electron chi connectivity index (χ0n) is 13.5. The molecule has 1 fully saturated rings. The van der Waals surface area contributed by atoms with Crippen molar-refractivity contribution in [2.24, 2.45) is 0 Å². The Balaban J connectivity index is 1.65. The predicted molar refractivity (Wildman–Crippen MR) is 93.9 cm³/mol. The number of hydrogen-bond acceptors (Lipinski definition) is 3. The van der Waals surface area contributed by atoms with E-state index in [-0.39, 0.29) is 5.92 Å². The summed E-state index contributed by atoms with van der Waals surface area (Å²) in [7, 11) is 0. The van der Waals surface area contributed by atoms with Gasteiger partial charge in [0.15, 0.2) is 5.65 Å². The molecule has 3 heterocycles. The molecule has 0 spiro atoms. The molecular formula is C19H22N4. The van der Waals surface area contributed by atoms with Gasteiger partial charge >= 0.3 is 0 Å². The smallest absolute Gasteiger partial charge is 0.179 e. The van der Waals surface area contributed by atoms with Crippen LogP contribution in [0, 0.1) is 0 Å². The van der Waals surface area contributed by atoms with Crippen LogP contribution in [0.4, 0.5) is 5.82 Å². The fraction of sp³-hybridized carbons (Fsp3) is 0.368. The van der Waals surface area contributed by atoms with Crippen LogP contribution < -0.4 is 4.90 Å². The summed E-state index contributed by atoms with van der Waals surface area (Å²) in [6, 6.07) is 14.7. The fourth-order valence-corrected chi connectivity index (χ4v) is 3.31. The van der Waals surface area contributed by atoms with Gasteiger partial charge in [-0.3, -0.25) is 0 Å². The summed E-state index contributed by atoms with van der Waals surface area (Å²) in [5.74, 6) is 2.28. The number of hydrogen-bond donors (Lipinski definition) is 1. The maximum absolute atomic E-state index is 4.78. The first-order chi connectivity index (χ1) is 11.3. The Kier molecular flexibility index (Phi) is 3.74. The monoisotopic (exact) mass is 306 g/mol. The molecule has 0 amide bonds. The van der Waals surface area contributed by atoms with Crippen molar-refractivity contribution in [3.8, 4) is 0 Å². The summed E-state index contributed by atoms with van der Waals surface area (Å²) in [6.45, 7) is 4.39. The summed E-state index contributed by atoms with van der Waals surface area (Å²) in [5.41, 5.74) is 3.11. The second kappa shape index (κ2) is 6.03. The standard InChI is InChI=1S/C19H22N4/c1-14(15-8-4-2-5-9-15)18-20-16-10-11-17(21-19(16)22-18)23-12-6-3-7-13-23/h2,4-5,8-11,14H,3,6-7,12-13H2,1H3,(H,20,21,22). The van der Waals surface area contributed by atoms with Gasteiger partial charge in [-0.1, -0.05) is 37.3 Å². The summed E-state index contributed by atoms with van der Waals surface area (Å²) in [4.78, 5) is 15.3. The Hall–Kier alpha value is -2.36. The normalized spacial score (nSPS) is 16.7. The highest BCUT2D eigenvalue weighted by Gasteiger charge is 2.16. The number of nitrogens with one attached hydrogen (secondary N) is 1. The van der Waals surface area contributed by atoms with E-state index in [0.717, 1.165) is 35.9 Å². The number of fused-ring (bicyclic) bond motifs is 1.